The summed E-state index contributed by atoms with van der Waals surface area (Å²) < 4.78 is 345. The normalized spacial score (nSPS) is 18.2. The van der Waals surface area contributed by atoms with E-state index < -0.39 is 85.7 Å². The summed E-state index contributed by atoms with van der Waals surface area (Å²) in [5.74, 6) is -81.8. The molecule has 0 saturated heterocycles. The van der Waals surface area contributed by atoms with Crippen molar-refractivity contribution in [3.05, 3.63) is 0 Å². The van der Waals surface area contributed by atoms with Crippen LogP contribution in [-0.2, 0) is 10.0 Å². The minimum atomic E-state index is -9.65. The highest BCUT2D eigenvalue weighted by Gasteiger charge is 2.98. The SMILES string of the molecule is O=S(=O)(NC(O)(F)C(F)(F)F)C(F)(F)C(F)(F)C(F)(F)C(F)(F)C(F)(F)C(F)(F)C(F)(F)C(F)(F)C(F)(F)C(F)(F)F. The average molecular weight is 715 g/mol. The summed E-state index contributed by atoms with van der Waals surface area (Å²) in [6, 6.07) is 0. The first kappa shape index (κ1) is 40.1. The molecular weight excluding hydrogens is 713 g/mol. The fourth-order valence-corrected chi connectivity index (χ4v) is 3.08. The summed E-state index contributed by atoms with van der Waals surface area (Å²) in [5, 5.41) is -0.703. The molecule has 0 aliphatic rings. The molecule has 0 bridgehead atoms. The molecule has 0 fully saturated rings. The maximum Gasteiger partial charge on any atom is 0.465 e. The number of hydrogen-bond acceptors (Lipinski definition) is 3. The van der Waals surface area contributed by atoms with E-state index >= 15 is 0 Å². The molecule has 0 aliphatic heterocycles. The molecule has 0 amide bonds. The Labute approximate surface area is 210 Å². The lowest BCUT2D eigenvalue weighted by Crippen LogP contribution is -2.77. The van der Waals surface area contributed by atoms with Gasteiger partial charge >= 0.3 is 71.0 Å². The van der Waals surface area contributed by atoms with Gasteiger partial charge in [0.2, 0.25) is 0 Å². The quantitative estimate of drug-likeness (QED) is 0.150. The van der Waals surface area contributed by atoms with Crippen LogP contribution in [-0.4, -0.2) is 84.5 Å². The van der Waals surface area contributed by atoms with Crippen LogP contribution < -0.4 is 4.72 Å². The lowest BCUT2D eigenvalue weighted by atomic mass is 9.87. The molecule has 0 spiro atoms. The topological polar surface area (TPSA) is 66.4 Å². The highest BCUT2D eigenvalue weighted by Crippen LogP contribution is 2.66. The van der Waals surface area contributed by atoms with E-state index in [1.807, 2.05) is 0 Å². The van der Waals surface area contributed by atoms with Crippen LogP contribution >= 0.6 is 0 Å². The van der Waals surface area contributed by atoms with Crippen molar-refractivity contribution in [1.29, 1.82) is 0 Å². The smallest absolute Gasteiger partial charge is 0.342 e. The van der Waals surface area contributed by atoms with Gasteiger partial charge in [0.25, 0.3) is 10.0 Å². The second-order valence-corrected chi connectivity index (χ2v) is 9.06. The van der Waals surface area contributed by atoms with Gasteiger partial charge in [0.05, 0.1) is 0 Å². The number of aliphatic hydroxyl groups is 1. The lowest BCUT2D eigenvalue weighted by Gasteiger charge is -2.44. The molecule has 0 saturated carbocycles. The van der Waals surface area contributed by atoms with E-state index in [0.717, 1.165) is 0 Å². The van der Waals surface area contributed by atoms with E-state index in [9.17, 15) is 118 Å². The van der Waals surface area contributed by atoms with Gasteiger partial charge in [-0.3, -0.25) is 0 Å². The lowest BCUT2D eigenvalue weighted by molar-refractivity contribution is -0.472. The summed E-state index contributed by atoms with van der Waals surface area (Å²) in [4.78, 5) is 0. The highest BCUT2D eigenvalue weighted by molar-refractivity contribution is 7.90. The monoisotopic (exact) mass is 715 g/mol. The minimum absolute atomic E-state index is 1.63. The Balaban J connectivity index is 7.30. The van der Waals surface area contributed by atoms with Crippen LogP contribution in [0.4, 0.5) is 110 Å². The Bertz CT molecular complexity index is 1110. The molecule has 0 aromatic heterocycles. The predicted molar refractivity (Wildman–Crippen MR) is 74.7 cm³/mol. The van der Waals surface area contributed by atoms with Gasteiger partial charge in [0.1, 0.15) is 0 Å². The Hall–Kier alpha value is -1.88. The third-order valence-corrected chi connectivity index (χ3v) is 5.94. The number of rotatable bonds is 11. The van der Waals surface area contributed by atoms with Gasteiger partial charge in [-0.2, -0.15) is 110 Å². The van der Waals surface area contributed by atoms with Crippen molar-refractivity contribution in [3.8, 4) is 0 Å². The maximum absolute atomic E-state index is 13.6. The second-order valence-electron chi connectivity index (χ2n) is 7.34. The minimum Gasteiger partial charge on any atom is -0.342 e. The van der Waals surface area contributed by atoms with E-state index in [2.05, 4.69) is 0 Å². The Kier molecular flexibility index (Phi) is 9.13. The zero-order valence-electron chi connectivity index (χ0n) is 17.6. The summed E-state index contributed by atoms with van der Waals surface area (Å²) in [5.41, 5.74) is 0. The van der Waals surface area contributed by atoms with E-state index in [4.69, 9.17) is 5.11 Å². The second kappa shape index (κ2) is 9.56. The van der Waals surface area contributed by atoms with Crippen molar-refractivity contribution in [3.63, 3.8) is 0 Å². The first-order chi connectivity index (χ1) is 17.5. The van der Waals surface area contributed by atoms with Gasteiger partial charge in [0.15, 0.2) is 0 Å². The van der Waals surface area contributed by atoms with Crippen LogP contribution in [0.3, 0.4) is 0 Å². The Morgan fingerprint density at radius 3 is 0.786 bits per heavy atom. The van der Waals surface area contributed by atoms with Gasteiger partial charge in [-0.1, -0.05) is 0 Å². The number of nitrogens with one attached hydrogen (secondary N) is 1. The summed E-state index contributed by atoms with van der Waals surface area (Å²) in [6.07, 6.45) is -15.5. The summed E-state index contributed by atoms with van der Waals surface area (Å²) in [6.45, 7) is 0. The van der Waals surface area contributed by atoms with Crippen molar-refractivity contribution < 1.29 is 123 Å². The third-order valence-electron chi connectivity index (χ3n) is 4.46. The average Bonchev–Trinajstić information content (AvgIpc) is 2.69. The van der Waals surface area contributed by atoms with Gasteiger partial charge < -0.3 is 5.11 Å². The summed E-state index contributed by atoms with van der Waals surface area (Å²) >= 11 is 0. The molecule has 254 valence electrons. The molecular formula is C12H2F25NO3S. The Morgan fingerprint density at radius 2 is 0.571 bits per heavy atom. The van der Waals surface area contributed by atoms with Gasteiger partial charge in [-0.25, -0.2) is 8.42 Å². The first-order valence-corrected chi connectivity index (χ1v) is 9.92. The number of sulfonamides is 1. The van der Waals surface area contributed by atoms with E-state index in [0.29, 0.717) is 0 Å². The van der Waals surface area contributed by atoms with Crippen molar-refractivity contribution in [2.24, 2.45) is 0 Å². The van der Waals surface area contributed by atoms with Crippen molar-refractivity contribution in [1.82, 2.24) is 4.72 Å². The van der Waals surface area contributed by atoms with Crippen LogP contribution in [0.1, 0.15) is 0 Å². The van der Waals surface area contributed by atoms with Crippen molar-refractivity contribution in [2.75, 3.05) is 0 Å². The van der Waals surface area contributed by atoms with Crippen LogP contribution in [0.5, 0.6) is 0 Å². The van der Waals surface area contributed by atoms with Crippen LogP contribution in [0, 0.1) is 0 Å². The van der Waals surface area contributed by atoms with Crippen LogP contribution in [0.15, 0.2) is 0 Å². The molecule has 0 rings (SSSR count). The molecule has 1 atom stereocenters. The molecule has 30 heteroatoms. The molecule has 2 N–H and O–H groups in total. The fourth-order valence-electron chi connectivity index (χ4n) is 2.01. The molecule has 4 nitrogen and oxygen atoms in total. The standard InChI is InChI=1S/C12H2F25NO3S/c13-1(14,3(17,18)5(21,22)7(25,26)9(29,30)31)2(15,16)4(19,20)6(23,24)8(27,28)11(35,36)42(40,41)38-12(37,39)10(32,33)34/h38-39H. The molecule has 1 unspecified atom stereocenters. The highest BCUT2D eigenvalue weighted by atomic mass is 32.2. The van der Waals surface area contributed by atoms with Crippen LogP contribution in [0.25, 0.3) is 0 Å². The van der Waals surface area contributed by atoms with Crippen molar-refractivity contribution in [2.45, 2.75) is 71.0 Å². The molecule has 0 heterocycles. The number of alkyl halides is 25. The molecule has 0 aromatic rings. The third kappa shape index (κ3) is 4.94. The van der Waals surface area contributed by atoms with Gasteiger partial charge in [-0.15, -0.1) is 4.72 Å². The van der Waals surface area contributed by atoms with Gasteiger partial charge in [0, 0.05) is 0 Å². The van der Waals surface area contributed by atoms with Gasteiger partial charge in [-0.05, 0) is 0 Å². The maximum atomic E-state index is 13.6. The van der Waals surface area contributed by atoms with E-state index in [-0.39, 0.29) is 0 Å². The number of hydrogen-bond donors (Lipinski definition) is 2. The molecule has 0 aliphatic carbocycles. The Morgan fingerprint density at radius 1 is 0.357 bits per heavy atom. The van der Waals surface area contributed by atoms with E-state index in [1.165, 1.54) is 0 Å². The number of halogens is 25. The largest absolute Gasteiger partial charge is 0.465 e. The zero-order chi connectivity index (χ0) is 35.2. The summed E-state index contributed by atoms with van der Waals surface area (Å²) in [7, 11) is -8.89. The van der Waals surface area contributed by atoms with E-state index in [1.54, 1.807) is 0 Å². The predicted octanol–water partition coefficient (Wildman–Crippen LogP) is 6.32. The van der Waals surface area contributed by atoms with Crippen molar-refractivity contribution >= 4 is 10.0 Å². The zero-order valence-corrected chi connectivity index (χ0v) is 18.4. The fraction of sp³-hybridized carbons (Fsp3) is 1.00. The van der Waals surface area contributed by atoms with Crippen LogP contribution in [0.2, 0.25) is 0 Å². The molecule has 0 aromatic carbocycles. The molecule has 42 heavy (non-hydrogen) atoms. The molecule has 0 radical (unpaired) electrons. The first-order valence-electron chi connectivity index (χ1n) is 8.44.